The fourth-order valence-electron chi connectivity index (χ4n) is 2.37. The van der Waals surface area contributed by atoms with E-state index in [4.69, 9.17) is 4.42 Å². The minimum atomic E-state index is -0.0137. The average Bonchev–Trinajstić information content (AvgIpc) is 2.82. The maximum atomic E-state index is 12.4. The Kier molecular flexibility index (Phi) is 4.12. The van der Waals surface area contributed by atoms with Crippen molar-refractivity contribution < 1.29 is 9.21 Å². The SMILES string of the molecule is CC1CNCCN1C(=O)c1cc2ccccc2o1.Cl. The fourth-order valence-corrected chi connectivity index (χ4v) is 2.37. The van der Waals surface area contributed by atoms with E-state index in [9.17, 15) is 4.79 Å². The van der Waals surface area contributed by atoms with Gasteiger partial charge in [-0.1, -0.05) is 18.2 Å². The van der Waals surface area contributed by atoms with Crippen molar-refractivity contribution in [2.45, 2.75) is 13.0 Å². The summed E-state index contributed by atoms with van der Waals surface area (Å²) >= 11 is 0. The van der Waals surface area contributed by atoms with Gasteiger partial charge in [0.15, 0.2) is 5.76 Å². The summed E-state index contributed by atoms with van der Waals surface area (Å²) in [4.78, 5) is 14.3. The van der Waals surface area contributed by atoms with E-state index in [-0.39, 0.29) is 24.4 Å². The van der Waals surface area contributed by atoms with Crippen molar-refractivity contribution in [3.05, 3.63) is 36.1 Å². The molecule has 5 heteroatoms. The Morgan fingerprint density at radius 1 is 1.42 bits per heavy atom. The number of fused-ring (bicyclic) bond motifs is 1. The van der Waals surface area contributed by atoms with Crippen molar-refractivity contribution in [3.8, 4) is 0 Å². The number of nitrogens with one attached hydrogen (secondary N) is 1. The first-order valence-electron chi connectivity index (χ1n) is 6.26. The molecule has 3 rings (SSSR count). The smallest absolute Gasteiger partial charge is 0.289 e. The normalized spacial score (nSPS) is 19.2. The van der Waals surface area contributed by atoms with E-state index in [1.54, 1.807) is 0 Å². The van der Waals surface area contributed by atoms with Crippen LogP contribution in [0.15, 0.2) is 34.7 Å². The van der Waals surface area contributed by atoms with Crippen molar-refractivity contribution in [3.63, 3.8) is 0 Å². The summed E-state index contributed by atoms with van der Waals surface area (Å²) in [7, 11) is 0. The van der Waals surface area contributed by atoms with Gasteiger partial charge in [-0.2, -0.15) is 0 Å². The van der Waals surface area contributed by atoms with Crippen LogP contribution < -0.4 is 5.32 Å². The molecule has 102 valence electrons. The Hall–Kier alpha value is -1.52. The van der Waals surface area contributed by atoms with Crippen LogP contribution in [0.2, 0.25) is 0 Å². The summed E-state index contributed by atoms with van der Waals surface area (Å²) in [6.07, 6.45) is 0. The number of piperazine rings is 1. The minimum Gasteiger partial charge on any atom is -0.451 e. The van der Waals surface area contributed by atoms with Gasteiger partial charge < -0.3 is 14.6 Å². The maximum absolute atomic E-state index is 12.4. The van der Waals surface area contributed by atoms with E-state index >= 15 is 0 Å². The Labute approximate surface area is 118 Å². The van der Waals surface area contributed by atoms with Crippen LogP contribution in [-0.4, -0.2) is 36.5 Å². The number of carbonyl (C=O) groups excluding carboxylic acids is 1. The quantitative estimate of drug-likeness (QED) is 0.872. The van der Waals surface area contributed by atoms with Gasteiger partial charge in [0.1, 0.15) is 5.58 Å². The van der Waals surface area contributed by atoms with E-state index in [1.807, 2.05) is 42.2 Å². The average molecular weight is 281 g/mol. The number of amides is 1. The first-order chi connectivity index (χ1) is 8.75. The molecule has 1 fully saturated rings. The molecule has 0 aliphatic carbocycles. The predicted molar refractivity (Wildman–Crippen MR) is 76.8 cm³/mol. The molecular weight excluding hydrogens is 264 g/mol. The third-order valence-electron chi connectivity index (χ3n) is 3.40. The largest absolute Gasteiger partial charge is 0.451 e. The summed E-state index contributed by atoms with van der Waals surface area (Å²) in [5.74, 6) is 0.421. The lowest BCUT2D eigenvalue weighted by atomic mass is 10.2. The molecule has 19 heavy (non-hydrogen) atoms. The number of furan rings is 1. The van der Waals surface area contributed by atoms with Gasteiger partial charge in [-0.25, -0.2) is 0 Å². The number of rotatable bonds is 1. The second-order valence-corrected chi connectivity index (χ2v) is 4.70. The molecule has 0 spiro atoms. The van der Waals surface area contributed by atoms with Crippen LogP contribution in [0.5, 0.6) is 0 Å². The van der Waals surface area contributed by atoms with E-state index in [0.717, 1.165) is 30.6 Å². The van der Waals surface area contributed by atoms with Crippen LogP contribution >= 0.6 is 12.4 Å². The zero-order chi connectivity index (χ0) is 12.5. The standard InChI is InChI=1S/C14H16N2O2.ClH/c1-10-9-15-6-7-16(10)14(17)13-8-11-4-2-3-5-12(11)18-13;/h2-5,8,10,15H,6-7,9H2,1H3;1H. The van der Waals surface area contributed by atoms with Crippen LogP contribution in [0.3, 0.4) is 0 Å². The lowest BCUT2D eigenvalue weighted by Gasteiger charge is -2.33. The molecule has 1 aromatic carbocycles. The maximum Gasteiger partial charge on any atom is 0.289 e. The lowest BCUT2D eigenvalue weighted by molar-refractivity contribution is 0.0625. The fraction of sp³-hybridized carbons (Fsp3) is 0.357. The molecule has 1 aromatic heterocycles. The first-order valence-corrected chi connectivity index (χ1v) is 6.26. The molecular formula is C14H17ClN2O2. The molecule has 4 nitrogen and oxygen atoms in total. The van der Waals surface area contributed by atoms with Gasteiger partial charge in [0.25, 0.3) is 5.91 Å². The summed E-state index contributed by atoms with van der Waals surface area (Å²) < 4.78 is 5.62. The molecule has 1 aliphatic heterocycles. The number of benzene rings is 1. The zero-order valence-corrected chi connectivity index (χ0v) is 11.6. The van der Waals surface area contributed by atoms with Gasteiger partial charge in [-0.15, -0.1) is 12.4 Å². The molecule has 1 aliphatic rings. The summed E-state index contributed by atoms with van der Waals surface area (Å²) in [5, 5.41) is 4.25. The number of halogens is 1. The second-order valence-electron chi connectivity index (χ2n) is 4.70. The zero-order valence-electron chi connectivity index (χ0n) is 10.8. The van der Waals surface area contributed by atoms with Crippen molar-refractivity contribution in [2.75, 3.05) is 19.6 Å². The number of hydrogen-bond donors (Lipinski definition) is 1. The lowest BCUT2D eigenvalue weighted by Crippen LogP contribution is -2.52. The van der Waals surface area contributed by atoms with Crippen LogP contribution in [0.1, 0.15) is 17.5 Å². The second kappa shape index (κ2) is 5.63. The molecule has 0 radical (unpaired) electrons. The van der Waals surface area contributed by atoms with Crippen LogP contribution in [0, 0.1) is 0 Å². The van der Waals surface area contributed by atoms with Gasteiger partial charge in [0.2, 0.25) is 0 Å². The van der Waals surface area contributed by atoms with Gasteiger partial charge >= 0.3 is 0 Å². The van der Waals surface area contributed by atoms with Gasteiger partial charge in [0, 0.05) is 31.1 Å². The molecule has 0 bridgehead atoms. The molecule has 0 saturated carbocycles. The molecule has 1 saturated heterocycles. The van der Waals surface area contributed by atoms with Crippen LogP contribution in [-0.2, 0) is 0 Å². The minimum absolute atomic E-state index is 0. The third kappa shape index (κ3) is 2.60. The summed E-state index contributed by atoms with van der Waals surface area (Å²) in [6, 6.07) is 9.73. The van der Waals surface area contributed by atoms with Gasteiger partial charge in [-0.05, 0) is 19.1 Å². The highest BCUT2D eigenvalue weighted by Crippen LogP contribution is 2.21. The molecule has 2 aromatic rings. The van der Waals surface area contributed by atoms with Gasteiger partial charge in [-0.3, -0.25) is 4.79 Å². The predicted octanol–water partition coefficient (Wildman–Crippen LogP) is 2.29. The first kappa shape index (κ1) is 13.9. The monoisotopic (exact) mass is 280 g/mol. The number of hydrogen-bond acceptors (Lipinski definition) is 3. The van der Waals surface area contributed by atoms with E-state index < -0.39 is 0 Å². The number of carbonyl (C=O) groups is 1. The van der Waals surface area contributed by atoms with Crippen molar-refractivity contribution >= 4 is 29.3 Å². The number of nitrogens with zero attached hydrogens (tertiary/aromatic N) is 1. The van der Waals surface area contributed by atoms with Crippen molar-refractivity contribution in [2.24, 2.45) is 0 Å². The molecule has 1 unspecified atom stereocenters. The van der Waals surface area contributed by atoms with Gasteiger partial charge in [0.05, 0.1) is 0 Å². The Balaban J connectivity index is 0.00000133. The van der Waals surface area contributed by atoms with E-state index in [1.165, 1.54) is 0 Å². The highest BCUT2D eigenvalue weighted by atomic mass is 35.5. The summed E-state index contributed by atoms with van der Waals surface area (Å²) in [5.41, 5.74) is 0.767. The molecule has 2 heterocycles. The topological polar surface area (TPSA) is 45.5 Å². The molecule has 1 atom stereocenters. The Morgan fingerprint density at radius 2 is 2.21 bits per heavy atom. The Bertz CT molecular complexity index is 549. The molecule has 1 N–H and O–H groups in total. The molecule has 1 amide bonds. The summed E-state index contributed by atoms with van der Waals surface area (Å²) in [6.45, 7) is 4.46. The third-order valence-corrected chi connectivity index (χ3v) is 3.40. The van der Waals surface area contributed by atoms with Crippen molar-refractivity contribution in [1.82, 2.24) is 10.2 Å². The Morgan fingerprint density at radius 3 is 2.95 bits per heavy atom. The van der Waals surface area contributed by atoms with E-state index in [2.05, 4.69) is 5.32 Å². The highest BCUT2D eigenvalue weighted by molar-refractivity contribution is 5.96. The highest BCUT2D eigenvalue weighted by Gasteiger charge is 2.26. The number of para-hydroxylation sites is 1. The van der Waals surface area contributed by atoms with Crippen LogP contribution in [0.25, 0.3) is 11.0 Å². The van der Waals surface area contributed by atoms with Crippen LogP contribution in [0.4, 0.5) is 0 Å². The van der Waals surface area contributed by atoms with Crippen molar-refractivity contribution in [1.29, 1.82) is 0 Å². The van der Waals surface area contributed by atoms with E-state index in [0.29, 0.717) is 5.76 Å².